The van der Waals surface area contributed by atoms with Crippen LogP contribution >= 0.6 is 11.3 Å². The Balaban J connectivity index is 1.39. The van der Waals surface area contributed by atoms with Crippen molar-refractivity contribution >= 4 is 28.1 Å². The van der Waals surface area contributed by atoms with Crippen molar-refractivity contribution in [2.75, 3.05) is 0 Å². The van der Waals surface area contributed by atoms with Gasteiger partial charge >= 0.3 is 0 Å². The summed E-state index contributed by atoms with van der Waals surface area (Å²) in [6, 6.07) is 4.24. The average Bonchev–Trinajstić information content (AvgIpc) is 3.32. The monoisotopic (exact) mass is 382 g/mol. The Hall–Kier alpha value is -2.25. The van der Waals surface area contributed by atoms with Gasteiger partial charge in [-0.2, -0.15) is 0 Å². The van der Waals surface area contributed by atoms with Crippen molar-refractivity contribution in [3.8, 4) is 0 Å². The molecule has 0 aromatic carbocycles. The van der Waals surface area contributed by atoms with Gasteiger partial charge in [0, 0.05) is 29.9 Å². The molecule has 0 unspecified atom stereocenters. The van der Waals surface area contributed by atoms with E-state index in [1.165, 1.54) is 11.3 Å². The van der Waals surface area contributed by atoms with Crippen LogP contribution in [0.5, 0.6) is 0 Å². The maximum atomic E-state index is 13.0. The number of pyridine rings is 1. The minimum Gasteiger partial charge on any atom is -0.388 e. The van der Waals surface area contributed by atoms with E-state index in [0.717, 1.165) is 34.3 Å². The first kappa shape index (κ1) is 16.9. The van der Waals surface area contributed by atoms with Crippen LogP contribution in [0, 0.1) is 6.92 Å². The van der Waals surface area contributed by atoms with Crippen LogP contribution < -0.4 is 0 Å². The van der Waals surface area contributed by atoms with Crippen LogP contribution in [-0.4, -0.2) is 48.1 Å². The molecule has 140 valence electrons. The van der Waals surface area contributed by atoms with Gasteiger partial charge in [0.1, 0.15) is 4.88 Å². The average molecular weight is 382 g/mol. The summed E-state index contributed by atoms with van der Waals surface area (Å²) < 4.78 is 2.09. The Morgan fingerprint density at radius 1 is 1.33 bits per heavy atom. The molecule has 1 amide bonds. The van der Waals surface area contributed by atoms with E-state index in [1.54, 1.807) is 11.7 Å². The van der Waals surface area contributed by atoms with Gasteiger partial charge in [0.2, 0.25) is 0 Å². The van der Waals surface area contributed by atoms with Gasteiger partial charge in [-0.05, 0) is 44.7 Å². The number of aromatic nitrogens is 3. The van der Waals surface area contributed by atoms with Crippen LogP contribution in [0.2, 0.25) is 0 Å². The number of fused-ring (bicyclic) bond motifs is 3. The van der Waals surface area contributed by atoms with E-state index in [4.69, 9.17) is 0 Å². The van der Waals surface area contributed by atoms with Crippen LogP contribution in [-0.2, 0) is 6.54 Å². The number of aliphatic hydroxyl groups is 1. The quantitative estimate of drug-likeness (QED) is 0.756. The van der Waals surface area contributed by atoms with Crippen LogP contribution in [0.4, 0.5) is 0 Å². The van der Waals surface area contributed by atoms with E-state index in [-0.39, 0.29) is 18.0 Å². The zero-order valence-corrected chi connectivity index (χ0v) is 16.0. The van der Waals surface area contributed by atoms with E-state index in [2.05, 4.69) is 20.6 Å². The summed E-state index contributed by atoms with van der Waals surface area (Å²) in [5.41, 5.74) is 2.77. The first-order valence-corrected chi connectivity index (χ1v) is 10.3. The largest absolute Gasteiger partial charge is 0.388 e. The molecule has 1 N–H and O–H groups in total. The minimum atomic E-state index is -0.798. The first-order valence-electron chi connectivity index (χ1n) is 9.38. The van der Waals surface area contributed by atoms with Gasteiger partial charge in [0.05, 0.1) is 35.1 Å². The third-order valence-electron chi connectivity index (χ3n) is 6.07. The van der Waals surface area contributed by atoms with Crippen LogP contribution in [0.15, 0.2) is 36.2 Å². The Morgan fingerprint density at radius 3 is 2.81 bits per heavy atom. The Morgan fingerprint density at radius 2 is 2.11 bits per heavy atom. The molecule has 0 radical (unpaired) electrons. The minimum absolute atomic E-state index is 0.0835. The smallest absolute Gasteiger partial charge is 0.266 e. The van der Waals surface area contributed by atoms with E-state index < -0.39 is 5.60 Å². The van der Waals surface area contributed by atoms with Crippen molar-refractivity contribution in [2.45, 2.75) is 56.8 Å². The molecule has 2 saturated heterocycles. The van der Waals surface area contributed by atoms with Gasteiger partial charge in [-0.3, -0.25) is 9.78 Å². The number of nitrogens with zero attached hydrogens (tertiary/aromatic N) is 4. The summed E-state index contributed by atoms with van der Waals surface area (Å²) in [7, 11) is 0. The standard InChI is InChI=1S/C20H22N4O2S/c1-13-18(27-12-22-13)19(25)24-15-2-3-16(24)9-20(26,8-15)11-23-7-5-14-4-6-21-10-17(14)23/h4-7,10,12,15-16,26H,2-3,8-9,11H2,1H3/t15-,16-/m0/s1. The van der Waals surface area contributed by atoms with E-state index in [1.807, 2.05) is 30.3 Å². The molecule has 27 heavy (non-hydrogen) atoms. The summed E-state index contributed by atoms with van der Waals surface area (Å²) in [5.74, 6) is 0.0835. The lowest BCUT2D eigenvalue weighted by atomic mass is 9.85. The molecular weight excluding hydrogens is 360 g/mol. The molecule has 3 aromatic rings. The van der Waals surface area contributed by atoms with Crippen molar-refractivity contribution in [3.05, 3.63) is 46.8 Å². The molecule has 0 saturated carbocycles. The highest BCUT2D eigenvalue weighted by Crippen LogP contribution is 2.43. The molecule has 2 atom stereocenters. The third-order valence-corrected chi connectivity index (χ3v) is 6.98. The molecule has 0 aliphatic carbocycles. The predicted octanol–water partition coefficient (Wildman–Crippen LogP) is 3.00. The van der Waals surface area contributed by atoms with E-state index in [9.17, 15) is 9.90 Å². The van der Waals surface area contributed by atoms with Gasteiger partial charge in [-0.1, -0.05) is 0 Å². The number of thiazole rings is 1. The molecule has 0 spiro atoms. The molecule has 7 heteroatoms. The maximum Gasteiger partial charge on any atom is 0.266 e. The number of hydrogen-bond acceptors (Lipinski definition) is 5. The molecule has 2 aliphatic heterocycles. The fourth-order valence-electron chi connectivity index (χ4n) is 4.89. The highest BCUT2D eigenvalue weighted by Gasteiger charge is 2.49. The second-order valence-electron chi connectivity index (χ2n) is 7.88. The molecule has 2 bridgehead atoms. The molecule has 5 rings (SSSR count). The predicted molar refractivity (Wildman–Crippen MR) is 104 cm³/mol. The van der Waals surface area contributed by atoms with Gasteiger partial charge in [0.15, 0.2) is 0 Å². The van der Waals surface area contributed by atoms with Crippen molar-refractivity contribution in [1.82, 2.24) is 19.4 Å². The van der Waals surface area contributed by atoms with Crippen LogP contribution in [0.25, 0.3) is 10.9 Å². The number of aryl methyl sites for hydroxylation is 1. The summed E-state index contributed by atoms with van der Waals surface area (Å²) in [6.45, 7) is 2.42. The van der Waals surface area contributed by atoms with E-state index >= 15 is 0 Å². The summed E-state index contributed by atoms with van der Waals surface area (Å²) >= 11 is 1.41. The lowest BCUT2D eigenvalue weighted by molar-refractivity contribution is -0.0532. The zero-order chi connectivity index (χ0) is 18.6. The van der Waals surface area contributed by atoms with Crippen molar-refractivity contribution in [3.63, 3.8) is 0 Å². The summed E-state index contributed by atoms with van der Waals surface area (Å²) in [5, 5.41) is 12.5. The molecule has 5 heterocycles. The van der Waals surface area contributed by atoms with Crippen LogP contribution in [0.1, 0.15) is 41.0 Å². The molecular formula is C20H22N4O2S. The van der Waals surface area contributed by atoms with Crippen LogP contribution in [0.3, 0.4) is 0 Å². The van der Waals surface area contributed by atoms with Gasteiger partial charge in [-0.15, -0.1) is 11.3 Å². The van der Waals surface area contributed by atoms with Gasteiger partial charge < -0.3 is 14.6 Å². The Labute approximate surface area is 161 Å². The van der Waals surface area contributed by atoms with Crippen molar-refractivity contribution in [1.29, 1.82) is 0 Å². The fraction of sp³-hybridized carbons (Fsp3) is 0.450. The lowest BCUT2D eigenvalue weighted by Crippen LogP contribution is -2.54. The van der Waals surface area contributed by atoms with Gasteiger partial charge in [-0.25, -0.2) is 4.98 Å². The van der Waals surface area contributed by atoms with E-state index in [0.29, 0.717) is 19.4 Å². The number of amides is 1. The van der Waals surface area contributed by atoms with Crippen molar-refractivity contribution in [2.24, 2.45) is 0 Å². The SMILES string of the molecule is Cc1ncsc1C(=O)N1[C@H]2CC[C@H]1CC(O)(Cn1ccc3ccncc31)C2. The lowest BCUT2D eigenvalue weighted by Gasteiger charge is -2.44. The highest BCUT2D eigenvalue weighted by molar-refractivity contribution is 7.11. The van der Waals surface area contributed by atoms with Crippen molar-refractivity contribution < 1.29 is 9.90 Å². The molecule has 3 aromatic heterocycles. The number of piperidine rings is 1. The Bertz CT molecular complexity index is 996. The molecule has 2 fully saturated rings. The number of carbonyl (C=O) groups is 1. The topological polar surface area (TPSA) is 71.2 Å². The number of carbonyl (C=O) groups excluding carboxylic acids is 1. The summed E-state index contributed by atoms with van der Waals surface area (Å²) in [6.07, 6.45) is 8.81. The molecule has 2 aliphatic rings. The molecule has 6 nitrogen and oxygen atoms in total. The normalized spacial score (nSPS) is 27.4. The zero-order valence-electron chi connectivity index (χ0n) is 15.2. The number of rotatable bonds is 3. The van der Waals surface area contributed by atoms with Gasteiger partial charge in [0.25, 0.3) is 5.91 Å². The number of hydrogen-bond donors (Lipinski definition) is 1. The third kappa shape index (κ3) is 2.76. The second-order valence-corrected chi connectivity index (χ2v) is 8.73. The highest BCUT2D eigenvalue weighted by atomic mass is 32.1. The fourth-order valence-corrected chi connectivity index (χ4v) is 5.64. The summed E-state index contributed by atoms with van der Waals surface area (Å²) in [4.78, 5) is 24.2. The Kier molecular flexibility index (Phi) is 3.84. The second kappa shape index (κ2) is 6.14. The maximum absolute atomic E-state index is 13.0. The first-order chi connectivity index (χ1) is 13.0.